The predicted molar refractivity (Wildman–Crippen MR) is 98.3 cm³/mol. The van der Waals surface area contributed by atoms with Crippen LogP contribution in [0.5, 0.6) is 0 Å². The Balaban J connectivity index is 1.66. The summed E-state index contributed by atoms with van der Waals surface area (Å²) in [5, 5.41) is 0. The highest BCUT2D eigenvalue weighted by atomic mass is 16.5. The van der Waals surface area contributed by atoms with Gasteiger partial charge in [-0.05, 0) is 37.5 Å². The van der Waals surface area contributed by atoms with E-state index in [-0.39, 0.29) is 12.0 Å². The van der Waals surface area contributed by atoms with E-state index in [2.05, 4.69) is 36.2 Å². The average molecular weight is 338 g/mol. The van der Waals surface area contributed by atoms with Crippen LogP contribution >= 0.6 is 0 Å². The Hall–Kier alpha value is -2.20. The molecule has 0 saturated carbocycles. The van der Waals surface area contributed by atoms with Crippen molar-refractivity contribution in [3.63, 3.8) is 0 Å². The smallest absolute Gasteiger partial charge is 0.228 e. The lowest BCUT2D eigenvalue weighted by atomic mass is 9.88. The number of aromatic nitrogens is 1. The van der Waals surface area contributed by atoms with E-state index in [1.807, 2.05) is 23.1 Å². The van der Waals surface area contributed by atoms with Gasteiger partial charge >= 0.3 is 0 Å². The van der Waals surface area contributed by atoms with Gasteiger partial charge in [-0.2, -0.15) is 0 Å². The molecular formula is C21H26N2O2. The summed E-state index contributed by atoms with van der Waals surface area (Å²) >= 11 is 0. The first-order valence-corrected chi connectivity index (χ1v) is 8.91. The molecule has 1 aromatic carbocycles. The number of amides is 1. The number of nitrogens with zero attached hydrogens (tertiary/aromatic N) is 2. The first kappa shape index (κ1) is 17.6. The van der Waals surface area contributed by atoms with Crippen LogP contribution in [-0.4, -0.2) is 42.1 Å². The predicted octanol–water partition coefficient (Wildman–Crippen LogP) is 3.04. The summed E-state index contributed by atoms with van der Waals surface area (Å²) in [6.45, 7) is 3.62. The van der Waals surface area contributed by atoms with Crippen LogP contribution in [0.4, 0.5) is 0 Å². The standard InChI is InChI=1S/C21H26N2O2/c1-16-6-5-7-17(12-16)13-18-15-23(11-9-20(18)25-2)21(24)14-19-8-3-4-10-22-19/h3-8,10,12,18,20H,9,11,13-15H2,1-2H3/t18-,20+/m1/s1. The molecule has 0 radical (unpaired) electrons. The fourth-order valence-electron chi connectivity index (χ4n) is 3.65. The van der Waals surface area contributed by atoms with Gasteiger partial charge in [0, 0.05) is 38.0 Å². The van der Waals surface area contributed by atoms with E-state index >= 15 is 0 Å². The third-order valence-corrected chi connectivity index (χ3v) is 4.96. The second kappa shape index (κ2) is 8.26. The molecule has 2 heterocycles. The van der Waals surface area contributed by atoms with E-state index in [9.17, 15) is 4.79 Å². The molecule has 2 atom stereocenters. The molecule has 0 unspecified atom stereocenters. The number of carbonyl (C=O) groups is 1. The van der Waals surface area contributed by atoms with Gasteiger partial charge in [0.05, 0.1) is 12.5 Å². The number of hydrogen-bond donors (Lipinski definition) is 0. The molecule has 1 saturated heterocycles. The lowest BCUT2D eigenvalue weighted by molar-refractivity contribution is -0.134. The Labute approximate surface area is 149 Å². The number of rotatable bonds is 5. The number of methoxy groups -OCH3 is 1. The lowest BCUT2D eigenvalue weighted by Crippen LogP contribution is -2.47. The molecule has 0 N–H and O–H groups in total. The SMILES string of the molecule is CO[C@H]1CCN(C(=O)Cc2ccccn2)C[C@H]1Cc1cccc(C)c1. The number of benzene rings is 1. The third-order valence-electron chi connectivity index (χ3n) is 4.96. The number of carbonyl (C=O) groups excluding carboxylic acids is 1. The van der Waals surface area contributed by atoms with Crippen molar-refractivity contribution in [1.29, 1.82) is 0 Å². The van der Waals surface area contributed by atoms with E-state index in [4.69, 9.17) is 4.74 Å². The molecule has 3 rings (SSSR count). The van der Waals surface area contributed by atoms with Crippen LogP contribution in [0.2, 0.25) is 0 Å². The molecule has 2 aromatic rings. The molecule has 1 aromatic heterocycles. The van der Waals surface area contributed by atoms with Gasteiger partial charge in [-0.15, -0.1) is 0 Å². The van der Waals surface area contributed by atoms with Gasteiger partial charge in [-0.3, -0.25) is 9.78 Å². The number of pyridine rings is 1. The molecule has 25 heavy (non-hydrogen) atoms. The van der Waals surface area contributed by atoms with Crippen molar-refractivity contribution in [2.75, 3.05) is 20.2 Å². The number of likely N-dealkylation sites (tertiary alicyclic amines) is 1. The second-order valence-corrected chi connectivity index (χ2v) is 6.85. The van der Waals surface area contributed by atoms with Crippen LogP contribution < -0.4 is 0 Å². The van der Waals surface area contributed by atoms with Crippen LogP contribution in [0, 0.1) is 12.8 Å². The molecule has 0 bridgehead atoms. The Kier molecular flexibility index (Phi) is 5.82. The monoisotopic (exact) mass is 338 g/mol. The molecule has 4 nitrogen and oxygen atoms in total. The summed E-state index contributed by atoms with van der Waals surface area (Å²) in [6, 6.07) is 14.3. The minimum absolute atomic E-state index is 0.155. The summed E-state index contributed by atoms with van der Waals surface area (Å²) < 4.78 is 5.70. The van der Waals surface area contributed by atoms with Crippen molar-refractivity contribution in [2.45, 2.75) is 32.3 Å². The molecule has 0 aliphatic carbocycles. The van der Waals surface area contributed by atoms with Crippen LogP contribution in [-0.2, 0) is 22.4 Å². The van der Waals surface area contributed by atoms with Crippen molar-refractivity contribution in [3.05, 3.63) is 65.5 Å². The molecule has 4 heteroatoms. The Bertz CT molecular complexity index is 702. The summed E-state index contributed by atoms with van der Waals surface area (Å²) in [6.07, 6.45) is 4.14. The van der Waals surface area contributed by atoms with Crippen LogP contribution in [0.1, 0.15) is 23.2 Å². The molecule has 1 amide bonds. The topological polar surface area (TPSA) is 42.4 Å². The van der Waals surface area contributed by atoms with Gasteiger partial charge in [-0.25, -0.2) is 0 Å². The fourth-order valence-corrected chi connectivity index (χ4v) is 3.65. The zero-order valence-electron chi connectivity index (χ0n) is 15.0. The van der Waals surface area contributed by atoms with E-state index in [0.717, 1.165) is 31.6 Å². The van der Waals surface area contributed by atoms with Crippen molar-refractivity contribution in [2.24, 2.45) is 5.92 Å². The van der Waals surface area contributed by atoms with Crippen molar-refractivity contribution in [3.8, 4) is 0 Å². The number of piperidine rings is 1. The zero-order chi connectivity index (χ0) is 17.6. The molecular weight excluding hydrogens is 312 g/mol. The molecule has 132 valence electrons. The lowest BCUT2D eigenvalue weighted by Gasteiger charge is -2.38. The summed E-state index contributed by atoms with van der Waals surface area (Å²) in [5.41, 5.74) is 3.41. The summed E-state index contributed by atoms with van der Waals surface area (Å²) in [7, 11) is 1.78. The summed E-state index contributed by atoms with van der Waals surface area (Å²) in [4.78, 5) is 18.9. The van der Waals surface area contributed by atoms with Crippen LogP contribution in [0.25, 0.3) is 0 Å². The van der Waals surface area contributed by atoms with Gasteiger partial charge in [0.25, 0.3) is 0 Å². The Morgan fingerprint density at radius 3 is 2.88 bits per heavy atom. The number of aryl methyl sites for hydroxylation is 1. The zero-order valence-corrected chi connectivity index (χ0v) is 15.0. The van der Waals surface area contributed by atoms with Crippen molar-refractivity contribution >= 4 is 5.91 Å². The maximum atomic E-state index is 12.7. The molecule has 1 aliphatic rings. The average Bonchev–Trinajstić information content (AvgIpc) is 2.62. The van der Waals surface area contributed by atoms with Gasteiger partial charge in [-0.1, -0.05) is 35.9 Å². The minimum atomic E-state index is 0.155. The van der Waals surface area contributed by atoms with Crippen molar-refractivity contribution in [1.82, 2.24) is 9.88 Å². The van der Waals surface area contributed by atoms with E-state index < -0.39 is 0 Å². The molecule has 0 spiro atoms. The van der Waals surface area contributed by atoms with Crippen LogP contribution in [0.3, 0.4) is 0 Å². The highest BCUT2D eigenvalue weighted by Gasteiger charge is 2.31. The Morgan fingerprint density at radius 1 is 1.28 bits per heavy atom. The maximum absolute atomic E-state index is 12.7. The third kappa shape index (κ3) is 4.67. The molecule has 1 fully saturated rings. The first-order valence-electron chi connectivity index (χ1n) is 8.91. The quantitative estimate of drug-likeness (QED) is 0.841. The first-order chi connectivity index (χ1) is 12.2. The highest BCUT2D eigenvalue weighted by Crippen LogP contribution is 2.24. The normalized spacial score (nSPS) is 20.5. The van der Waals surface area contributed by atoms with E-state index in [1.165, 1.54) is 11.1 Å². The van der Waals surface area contributed by atoms with E-state index in [0.29, 0.717) is 12.3 Å². The maximum Gasteiger partial charge on any atom is 0.228 e. The highest BCUT2D eigenvalue weighted by molar-refractivity contribution is 5.78. The van der Waals surface area contributed by atoms with Gasteiger partial charge in [0.1, 0.15) is 0 Å². The number of hydrogen-bond acceptors (Lipinski definition) is 3. The number of ether oxygens (including phenoxy) is 1. The summed E-state index contributed by atoms with van der Waals surface area (Å²) in [5.74, 6) is 0.482. The van der Waals surface area contributed by atoms with Crippen molar-refractivity contribution < 1.29 is 9.53 Å². The van der Waals surface area contributed by atoms with Gasteiger partial charge < -0.3 is 9.64 Å². The Morgan fingerprint density at radius 2 is 2.16 bits per heavy atom. The fraction of sp³-hybridized carbons (Fsp3) is 0.429. The molecule has 1 aliphatic heterocycles. The second-order valence-electron chi connectivity index (χ2n) is 6.85. The van der Waals surface area contributed by atoms with Crippen LogP contribution in [0.15, 0.2) is 48.7 Å². The van der Waals surface area contributed by atoms with E-state index in [1.54, 1.807) is 13.3 Å². The van der Waals surface area contributed by atoms with Gasteiger partial charge in [0.2, 0.25) is 5.91 Å². The van der Waals surface area contributed by atoms with Gasteiger partial charge in [0.15, 0.2) is 0 Å². The largest absolute Gasteiger partial charge is 0.381 e. The minimum Gasteiger partial charge on any atom is -0.381 e.